The van der Waals surface area contributed by atoms with Crippen LogP contribution in [0.3, 0.4) is 0 Å². The first-order chi connectivity index (χ1) is 35.0. The van der Waals surface area contributed by atoms with Crippen molar-refractivity contribution in [2.24, 2.45) is 0 Å². The highest BCUT2D eigenvalue weighted by atomic mass is 15.2. The van der Waals surface area contributed by atoms with E-state index in [1.165, 1.54) is 105 Å². The largest absolute Gasteiger partial charge is 0.311 e. The third-order valence-corrected chi connectivity index (χ3v) is 15.3. The van der Waals surface area contributed by atoms with Crippen LogP contribution in [0.5, 0.6) is 0 Å². The number of para-hydroxylation sites is 4. The Morgan fingerprint density at radius 3 is 1.54 bits per heavy atom. The molecule has 3 nitrogen and oxygen atoms in total. The molecule has 0 N–H and O–H groups in total. The normalized spacial score (nSPS) is 13.1. The molecule has 10 aromatic carbocycles. The second-order valence-electron chi connectivity index (χ2n) is 21.8. The molecule has 0 bridgehead atoms. The fraction of sp³-hybridized carbons (Fsp3) is 0.118. The van der Waals surface area contributed by atoms with Crippen molar-refractivity contribution in [3.8, 4) is 39.1 Å². The average molecular weight is 926 g/mol. The van der Waals surface area contributed by atoms with Gasteiger partial charge < -0.3 is 14.4 Å². The molecule has 13 rings (SSSR count). The smallest absolute Gasteiger partial charge is 0.252 e. The van der Waals surface area contributed by atoms with Gasteiger partial charge in [0.25, 0.3) is 6.71 Å². The maximum absolute atomic E-state index is 2.57. The standard InChI is InChI=1S/C68H56BN3/c1-67(2,3)49-36-39-52(56(42-49)68(4,5)6)48-35-40-63-58(41-48)69-57-28-16-20-32-62(57)72(59-29-17-13-25-53(59)47-23-11-8-12-24-47)65-44-51(71-60-30-18-14-26-54(60)55-27-15-19-31-61(55)71)43-64(66(65)69)70(63)50-37-33-46(34-38-50)45-21-9-7-10-22-45/h7-44H,1-6H3. The Morgan fingerprint density at radius 1 is 0.333 bits per heavy atom. The Kier molecular flexibility index (Phi) is 10.1. The molecule has 0 fully saturated rings. The number of fused-ring (bicyclic) bond motifs is 7. The van der Waals surface area contributed by atoms with Crippen molar-refractivity contribution >= 4 is 79.0 Å². The highest BCUT2D eigenvalue weighted by molar-refractivity contribution is 7.00. The van der Waals surface area contributed by atoms with E-state index >= 15 is 0 Å². The van der Waals surface area contributed by atoms with Crippen molar-refractivity contribution in [2.75, 3.05) is 9.80 Å². The van der Waals surface area contributed by atoms with Crippen LogP contribution in [0.2, 0.25) is 0 Å². The van der Waals surface area contributed by atoms with Crippen LogP contribution in [0, 0.1) is 0 Å². The van der Waals surface area contributed by atoms with Crippen LogP contribution in [0.25, 0.3) is 60.9 Å². The first-order valence-electron chi connectivity index (χ1n) is 25.5. The number of hydrogen-bond acceptors (Lipinski definition) is 2. The summed E-state index contributed by atoms with van der Waals surface area (Å²) in [4.78, 5) is 5.13. The van der Waals surface area contributed by atoms with E-state index in [4.69, 9.17) is 0 Å². The van der Waals surface area contributed by atoms with Gasteiger partial charge in [0.05, 0.1) is 22.4 Å². The monoisotopic (exact) mass is 925 g/mol. The number of rotatable bonds is 6. The Balaban J connectivity index is 1.14. The van der Waals surface area contributed by atoms with Crippen LogP contribution in [0.1, 0.15) is 52.7 Å². The summed E-state index contributed by atoms with van der Waals surface area (Å²) >= 11 is 0. The van der Waals surface area contributed by atoms with E-state index in [0.717, 1.165) is 17.1 Å². The van der Waals surface area contributed by atoms with Crippen LogP contribution in [0.15, 0.2) is 231 Å². The minimum absolute atomic E-state index is 0.0277. The average Bonchev–Trinajstić information content (AvgIpc) is 3.75. The molecule has 0 unspecified atom stereocenters. The molecule has 2 aliphatic heterocycles. The van der Waals surface area contributed by atoms with Gasteiger partial charge in [-0.05, 0) is 121 Å². The third-order valence-electron chi connectivity index (χ3n) is 15.3. The minimum atomic E-state index is -0.0773. The van der Waals surface area contributed by atoms with Crippen LogP contribution in [-0.4, -0.2) is 11.3 Å². The zero-order valence-electron chi connectivity index (χ0n) is 41.9. The van der Waals surface area contributed by atoms with Crippen molar-refractivity contribution < 1.29 is 0 Å². The molecule has 3 heterocycles. The number of hydrogen-bond donors (Lipinski definition) is 0. The summed E-state index contributed by atoms with van der Waals surface area (Å²) in [5, 5.41) is 2.48. The quantitative estimate of drug-likeness (QED) is 0.154. The second-order valence-corrected chi connectivity index (χ2v) is 21.8. The van der Waals surface area contributed by atoms with Gasteiger partial charge in [0, 0.05) is 44.8 Å². The highest BCUT2D eigenvalue weighted by Crippen LogP contribution is 2.49. The molecule has 0 saturated carbocycles. The molecule has 0 spiro atoms. The van der Waals surface area contributed by atoms with Gasteiger partial charge in [-0.25, -0.2) is 0 Å². The zero-order chi connectivity index (χ0) is 48.9. The van der Waals surface area contributed by atoms with E-state index in [2.05, 4.69) is 286 Å². The lowest BCUT2D eigenvalue weighted by molar-refractivity contribution is 0.570. The molecule has 0 atom stereocenters. The molecular formula is C68H56BN3. The summed E-state index contributed by atoms with van der Waals surface area (Å²) in [6.45, 7) is 13.9. The number of benzene rings is 10. The van der Waals surface area contributed by atoms with Crippen LogP contribution in [-0.2, 0) is 10.8 Å². The van der Waals surface area contributed by atoms with Crippen molar-refractivity contribution in [1.82, 2.24) is 4.57 Å². The third kappa shape index (κ3) is 7.03. The lowest BCUT2D eigenvalue weighted by atomic mass is 9.33. The number of anilines is 6. The molecule has 0 aliphatic carbocycles. The van der Waals surface area contributed by atoms with Gasteiger partial charge in [-0.2, -0.15) is 0 Å². The van der Waals surface area contributed by atoms with Crippen LogP contribution < -0.4 is 26.2 Å². The highest BCUT2D eigenvalue weighted by Gasteiger charge is 2.44. The first kappa shape index (κ1) is 43.7. The zero-order valence-corrected chi connectivity index (χ0v) is 41.9. The summed E-state index contributed by atoms with van der Waals surface area (Å²) in [5.41, 5.74) is 24.3. The van der Waals surface area contributed by atoms with E-state index in [1.807, 2.05) is 0 Å². The van der Waals surface area contributed by atoms with Crippen molar-refractivity contribution in [3.05, 3.63) is 242 Å². The fourth-order valence-corrected chi connectivity index (χ4v) is 11.8. The summed E-state index contributed by atoms with van der Waals surface area (Å²) < 4.78 is 2.49. The topological polar surface area (TPSA) is 11.4 Å². The van der Waals surface area contributed by atoms with E-state index in [0.29, 0.717) is 0 Å². The summed E-state index contributed by atoms with van der Waals surface area (Å²) in [5.74, 6) is 0. The molecule has 4 heteroatoms. The van der Waals surface area contributed by atoms with Crippen LogP contribution >= 0.6 is 0 Å². The first-order valence-corrected chi connectivity index (χ1v) is 25.5. The van der Waals surface area contributed by atoms with E-state index < -0.39 is 0 Å². The second kappa shape index (κ2) is 16.6. The van der Waals surface area contributed by atoms with Gasteiger partial charge in [-0.3, -0.25) is 0 Å². The fourth-order valence-electron chi connectivity index (χ4n) is 11.8. The molecular weight excluding hydrogens is 870 g/mol. The van der Waals surface area contributed by atoms with Crippen molar-refractivity contribution in [2.45, 2.75) is 52.4 Å². The Labute approximate surface area is 424 Å². The van der Waals surface area contributed by atoms with Crippen molar-refractivity contribution in [3.63, 3.8) is 0 Å². The molecule has 11 aromatic rings. The predicted molar refractivity (Wildman–Crippen MR) is 309 cm³/mol. The Hall–Kier alpha value is -8.34. The number of aromatic nitrogens is 1. The van der Waals surface area contributed by atoms with E-state index in [9.17, 15) is 0 Å². The molecule has 2 aliphatic rings. The molecule has 0 saturated heterocycles. The molecule has 0 radical (unpaired) electrons. The summed E-state index contributed by atoms with van der Waals surface area (Å²) in [6, 6.07) is 86.2. The number of nitrogens with zero attached hydrogens (tertiary/aromatic N) is 3. The predicted octanol–water partition coefficient (Wildman–Crippen LogP) is 16.5. The molecule has 346 valence electrons. The maximum atomic E-state index is 2.57. The van der Waals surface area contributed by atoms with Gasteiger partial charge in [0.2, 0.25) is 0 Å². The van der Waals surface area contributed by atoms with Gasteiger partial charge in [-0.1, -0.05) is 217 Å². The Bertz CT molecular complexity index is 3840. The van der Waals surface area contributed by atoms with E-state index in [-0.39, 0.29) is 17.5 Å². The van der Waals surface area contributed by atoms with Crippen LogP contribution in [0.4, 0.5) is 34.1 Å². The minimum Gasteiger partial charge on any atom is -0.311 e. The van der Waals surface area contributed by atoms with E-state index in [1.54, 1.807) is 0 Å². The van der Waals surface area contributed by atoms with Gasteiger partial charge >= 0.3 is 0 Å². The van der Waals surface area contributed by atoms with Gasteiger partial charge in [0.1, 0.15) is 0 Å². The summed E-state index contributed by atoms with van der Waals surface area (Å²) in [6.07, 6.45) is 0. The molecule has 72 heavy (non-hydrogen) atoms. The van der Waals surface area contributed by atoms with Gasteiger partial charge in [0.15, 0.2) is 0 Å². The van der Waals surface area contributed by atoms with Gasteiger partial charge in [-0.15, -0.1) is 0 Å². The lowest BCUT2D eigenvalue weighted by Gasteiger charge is -2.45. The molecule has 0 amide bonds. The SMILES string of the molecule is CC(C)(C)c1ccc(-c2ccc3c(c2)B2c4ccccc4N(c4ccccc4-c4ccccc4)c4cc(-n5c6ccccc6c6ccccc65)cc(c42)N3c2ccc(-c3ccccc3)cc2)c(C(C)(C)C)c1. The van der Waals surface area contributed by atoms with Crippen molar-refractivity contribution in [1.29, 1.82) is 0 Å². The Morgan fingerprint density at radius 2 is 0.875 bits per heavy atom. The molecule has 1 aromatic heterocycles. The summed E-state index contributed by atoms with van der Waals surface area (Å²) in [7, 11) is 0. The lowest BCUT2D eigenvalue weighted by Crippen LogP contribution is -2.61. The maximum Gasteiger partial charge on any atom is 0.252 e.